The first-order chi connectivity index (χ1) is 13.4. The number of carbonyl (C=O) groups excluding carboxylic acids is 1. The van der Waals surface area contributed by atoms with Gasteiger partial charge in [0.05, 0.1) is 11.4 Å². The van der Waals surface area contributed by atoms with Gasteiger partial charge in [-0.05, 0) is 42.5 Å². The second kappa shape index (κ2) is 7.82. The number of ether oxygens (including phenoxy) is 2. The minimum Gasteiger partial charge on any atom is -0.454 e. The molecule has 0 bridgehead atoms. The van der Waals surface area contributed by atoms with Crippen LogP contribution >= 0.6 is 15.9 Å². The normalized spacial score (nSPS) is 17.6. The Morgan fingerprint density at radius 3 is 2.36 bits per heavy atom. The third kappa shape index (κ3) is 3.93. The molecular formula is C19H19BrN2O5S. The number of rotatable bonds is 5. The molecule has 2 aliphatic rings. The van der Waals surface area contributed by atoms with Crippen molar-refractivity contribution in [2.45, 2.75) is 4.90 Å². The molecule has 2 aromatic rings. The summed E-state index contributed by atoms with van der Waals surface area (Å²) >= 11 is 3.31. The van der Waals surface area contributed by atoms with Gasteiger partial charge in [-0.1, -0.05) is 15.9 Å². The van der Waals surface area contributed by atoms with Crippen LogP contribution in [-0.4, -0.2) is 62.9 Å². The van der Waals surface area contributed by atoms with Crippen molar-refractivity contribution in [3.05, 3.63) is 52.5 Å². The van der Waals surface area contributed by atoms with E-state index in [1.54, 1.807) is 42.5 Å². The maximum absolute atomic E-state index is 12.8. The van der Waals surface area contributed by atoms with Gasteiger partial charge in [0, 0.05) is 36.2 Å². The van der Waals surface area contributed by atoms with Crippen molar-refractivity contribution in [1.29, 1.82) is 0 Å². The number of fused-ring (bicyclic) bond motifs is 1. The highest BCUT2D eigenvalue weighted by Gasteiger charge is 2.29. The number of carbonyl (C=O) groups is 1. The second-order valence-electron chi connectivity index (χ2n) is 6.63. The molecule has 2 aliphatic heterocycles. The number of piperazine rings is 1. The molecule has 0 unspecified atom stereocenters. The fraction of sp³-hybridized carbons (Fsp3) is 0.316. The Balaban J connectivity index is 1.36. The lowest BCUT2D eigenvalue weighted by atomic mass is 10.1. The van der Waals surface area contributed by atoms with E-state index in [1.165, 1.54) is 4.31 Å². The molecule has 9 heteroatoms. The van der Waals surface area contributed by atoms with Crippen LogP contribution in [0.25, 0.3) is 0 Å². The molecule has 0 radical (unpaired) electrons. The van der Waals surface area contributed by atoms with Crippen molar-refractivity contribution in [1.82, 2.24) is 9.21 Å². The zero-order valence-corrected chi connectivity index (χ0v) is 17.4. The monoisotopic (exact) mass is 466 g/mol. The van der Waals surface area contributed by atoms with E-state index in [9.17, 15) is 13.2 Å². The predicted octanol–water partition coefficient (Wildman–Crippen LogP) is 2.37. The van der Waals surface area contributed by atoms with Gasteiger partial charge in [-0.15, -0.1) is 0 Å². The molecule has 0 spiro atoms. The third-order valence-electron chi connectivity index (χ3n) is 4.84. The van der Waals surface area contributed by atoms with E-state index in [4.69, 9.17) is 9.47 Å². The number of Topliss-reactive ketones (excluding diaryl/α,β-unsaturated/α-hetero) is 1. The SMILES string of the molecule is O=C(CN1CCN(S(=O)(=O)c2ccc(Br)cc2)CC1)c1ccc2c(c1)OCO2. The third-order valence-corrected chi connectivity index (χ3v) is 7.29. The van der Waals surface area contributed by atoms with E-state index in [2.05, 4.69) is 15.9 Å². The minimum absolute atomic E-state index is 0.0254. The van der Waals surface area contributed by atoms with Gasteiger partial charge in [-0.2, -0.15) is 4.31 Å². The molecule has 0 amide bonds. The van der Waals surface area contributed by atoms with Crippen molar-refractivity contribution in [3.63, 3.8) is 0 Å². The molecule has 1 saturated heterocycles. The highest BCUT2D eigenvalue weighted by molar-refractivity contribution is 9.10. The molecule has 0 atom stereocenters. The van der Waals surface area contributed by atoms with Crippen molar-refractivity contribution in [3.8, 4) is 11.5 Å². The molecule has 0 aliphatic carbocycles. The van der Waals surface area contributed by atoms with Gasteiger partial charge in [0.15, 0.2) is 17.3 Å². The minimum atomic E-state index is -3.52. The second-order valence-corrected chi connectivity index (χ2v) is 9.48. The van der Waals surface area contributed by atoms with E-state index >= 15 is 0 Å². The summed E-state index contributed by atoms with van der Waals surface area (Å²) < 4.78 is 38.4. The van der Waals surface area contributed by atoms with E-state index < -0.39 is 10.0 Å². The summed E-state index contributed by atoms with van der Waals surface area (Å²) in [5.41, 5.74) is 0.564. The molecule has 0 aromatic heterocycles. The van der Waals surface area contributed by atoms with E-state index in [0.717, 1.165) is 4.47 Å². The molecule has 28 heavy (non-hydrogen) atoms. The highest BCUT2D eigenvalue weighted by Crippen LogP contribution is 2.32. The van der Waals surface area contributed by atoms with Gasteiger partial charge >= 0.3 is 0 Å². The summed E-state index contributed by atoms with van der Waals surface area (Å²) in [5.74, 6) is 1.20. The lowest BCUT2D eigenvalue weighted by molar-refractivity contribution is 0.0901. The summed E-state index contributed by atoms with van der Waals surface area (Å²) in [6.07, 6.45) is 0. The van der Waals surface area contributed by atoms with Crippen LogP contribution in [0.1, 0.15) is 10.4 Å². The van der Waals surface area contributed by atoms with Crippen LogP contribution in [0, 0.1) is 0 Å². The molecule has 2 heterocycles. The van der Waals surface area contributed by atoms with Crippen molar-refractivity contribution in [2.75, 3.05) is 39.5 Å². The lowest BCUT2D eigenvalue weighted by Gasteiger charge is -2.33. The first kappa shape index (κ1) is 19.4. The summed E-state index contributed by atoms with van der Waals surface area (Å²) in [7, 11) is -3.52. The largest absolute Gasteiger partial charge is 0.454 e. The van der Waals surface area contributed by atoms with E-state index in [-0.39, 0.29) is 24.0 Å². The summed E-state index contributed by atoms with van der Waals surface area (Å²) in [6, 6.07) is 11.8. The summed E-state index contributed by atoms with van der Waals surface area (Å²) in [4.78, 5) is 14.8. The average molecular weight is 467 g/mol. The van der Waals surface area contributed by atoms with Gasteiger partial charge in [0.1, 0.15) is 0 Å². The van der Waals surface area contributed by atoms with E-state index in [1.807, 2.05) is 4.90 Å². The van der Waals surface area contributed by atoms with Gasteiger partial charge < -0.3 is 9.47 Å². The van der Waals surface area contributed by atoms with E-state index in [0.29, 0.717) is 43.2 Å². The predicted molar refractivity (Wildman–Crippen MR) is 106 cm³/mol. The molecule has 0 N–H and O–H groups in total. The zero-order chi connectivity index (χ0) is 19.7. The molecular weight excluding hydrogens is 448 g/mol. The fourth-order valence-corrected chi connectivity index (χ4v) is 4.93. The Kier molecular flexibility index (Phi) is 5.42. The Morgan fingerprint density at radius 1 is 0.964 bits per heavy atom. The van der Waals surface area contributed by atoms with Crippen molar-refractivity contribution < 1.29 is 22.7 Å². The maximum atomic E-state index is 12.8. The van der Waals surface area contributed by atoms with Crippen molar-refractivity contribution >= 4 is 31.7 Å². The van der Waals surface area contributed by atoms with Crippen LogP contribution in [0.2, 0.25) is 0 Å². The molecule has 0 saturated carbocycles. The number of ketones is 1. The number of halogens is 1. The number of sulfonamides is 1. The fourth-order valence-electron chi connectivity index (χ4n) is 3.25. The molecule has 1 fully saturated rings. The Labute approximate surface area is 172 Å². The van der Waals surface area contributed by atoms with Gasteiger partial charge in [-0.3, -0.25) is 9.69 Å². The first-order valence-corrected chi connectivity index (χ1v) is 11.1. The summed E-state index contributed by atoms with van der Waals surface area (Å²) in [5, 5.41) is 0. The molecule has 7 nitrogen and oxygen atoms in total. The first-order valence-electron chi connectivity index (χ1n) is 8.84. The standard InChI is InChI=1S/C19H19BrN2O5S/c20-15-2-4-16(5-3-15)28(24,25)22-9-7-21(8-10-22)12-17(23)14-1-6-18-19(11-14)27-13-26-18/h1-6,11H,7-10,12-13H2. The quantitative estimate of drug-likeness (QED) is 0.629. The van der Waals surface area contributed by atoms with Crippen LogP contribution < -0.4 is 9.47 Å². The van der Waals surface area contributed by atoms with Crippen LogP contribution in [0.3, 0.4) is 0 Å². The lowest BCUT2D eigenvalue weighted by Crippen LogP contribution is -2.49. The van der Waals surface area contributed by atoms with Crippen LogP contribution in [0.5, 0.6) is 11.5 Å². The maximum Gasteiger partial charge on any atom is 0.243 e. The molecule has 2 aromatic carbocycles. The van der Waals surface area contributed by atoms with Gasteiger partial charge in [0.25, 0.3) is 0 Å². The van der Waals surface area contributed by atoms with Crippen LogP contribution in [0.4, 0.5) is 0 Å². The molecule has 4 rings (SSSR count). The van der Waals surface area contributed by atoms with Crippen LogP contribution in [0.15, 0.2) is 51.8 Å². The Morgan fingerprint density at radius 2 is 1.64 bits per heavy atom. The van der Waals surface area contributed by atoms with Gasteiger partial charge in [-0.25, -0.2) is 8.42 Å². The number of hydrogen-bond donors (Lipinski definition) is 0. The average Bonchev–Trinajstić information content (AvgIpc) is 3.16. The zero-order valence-electron chi connectivity index (χ0n) is 15.0. The highest BCUT2D eigenvalue weighted by atomic mass is 79.9. The van der Waals surface area contributed by atoms with Crippen LogP contribution in [-0.2, 0) is 10.0 Å². The number of benzene rings is 2. The Hall–Kier alpha value is -1.94. The number of nitrogens with zero attached hydrogens (tertiary/aromatic N) is 2. The topological polar surface area (TPSA) is 76.2 Å². The Bertz CT molecular complexity index is 986. The molecule has 148 valence electrons. The summed E-state index contributed by atoms with van der Waals surface area (Å²) in [6.45, 7) is 2.13. The van der Waals surface area contributed by atoms with Gasteiger partial charge in [0.2, 0.25) is 16.8 Å². The smallest absolute Gasteiger partial charge is 0.243 e. The van der Waals surface area contributed by atoms with Crippen molar-refractivity contribution in [2.24, 2.45) is 0 Å². The number of hydrogen-bond acceptors (Lipinski definition) is 6.